The first kappa shape index (κ1) is 15.7. The molecule has 0 spiro atoms. The highest BCUT2D eigenvalue weighted by molar-refractivity contribution is 6.30. The van der Waals surface area contributed by atoms with Gasteiger partial charge in [0.2, 0.25) is 0 Å². The molecule has 1 unspecified atom stereocenters. The molecule has 21 heavy (non-hydrogen) atoms. The first-order chi connectivity index (χ1) is 9.88. The minimum atomic E-state index is -4.55. The van der Waals surface area contributed by atoms with Crippen LogP contribution in [0, 0.1) is 0 Å². The Bertz CT molecular complexity index is 605. The van der Waals surface area contributed by atoms with Crippen LogP contribution in [0.15, 0.2) is 36.7 Å². The second-order valence-electron chi connectivity index (χ2n) is 4.49. The third-order valence-electron chi connectivity index (χ3n) is 2.96. The summed E-state index contributed by atoms with van der Waals surface area (Å²) < 4.78 is 37.4. The lowest BCUT2D eigenvalue weighted by Gasteiger charge is -2.14. The number of nitrogens with zero attached hydrogens (tertiary/aromatic N) is 2. The van der Waals surface area contributed by atoms with Gasteiger partial charge in [-0.3, -0.25) is 4.98 Å². The second kappa shape index (κ2) is 6.41. The Labute approximate surface area is 124 Å². The van der Waals surface area contributed by atoms with Gasteiger partial charge in [0.1, 0.15) is 10.8 Å². The summed E-state index contributed by atoms with van der Waals surface area (Å²) in [5, 5.41) is 9.70. The molecule has 2 rings (SSSR count). The molecule has 0 aliphatic carbocycles. The van der Waals surface area contributed by atoms with Gasteiger partial charge in [-0.05, 0) is 30.5 Å². The van der Waals surface area contributed by atoms with Crippen LogP contribution in [0.5, 0.6) is 0 Å². The fraction of sp³-hybridized carbons (Fsp3) is 0.286. The summed E-state index contributed by atoms with van der Waals surface area (Å²) in [7, 11) is 0. The van der Waals surface area contributed by atoms with Crippen molar-refractivity contribution >= 4 is 11.6 Å². The van der Waals surface area contributed by atoms with Crippen molar-refractivity contribution in [3.63, 3.8) is 0 Å². The minimum Gasteiger partial charge on any atom is -0.388 e. The Hall–Kier alpha value is -1.66. The van der Waals surface area contributed by atoms with Gasteiger partial charge in [0.25, 0.3) is 0 Å². The molecule has 0 bridgehead atoms. The average Bonchev–Trinajstić information content (AvgIpc) is 2.45. The number of hydrogen-bond donors (Lipinski definition) is 1. The summed E-state index contributed by atoms with van der Waals surface area (Å²) in [5.74, 6) is 0. The van der Waals surface area contributed by atoms with Gasteiger partial charge in [-0.2, -0.15) is 13.2 Å². The van der Waals surface area contributed by atoms with Crippen molar-refractivity contribution in [2.45, 2.75) is 25.1 Å². The fourth-order valence-corrected chi connectivity index (χ4v) is 2.14. The van der Waals surface area contributed by atoms with Gasteiger partial charge in [0.05, 0.1) is 6.10 Å². The van der Waals surface area contributed by atoms with Gasteiger partial charge in [0.15, 0.2) is 0 Å². The molecule has 3 nitrogen and oxygen atoms in total. The standard InChI is InChI=1S/C14H12ClF3N2O/c15-13-10(4-6-12(20-13)14(16,17)18)11(21)5-3-9-2-1-7-19-8-9/h1-2,4,6-8,11,21H,3,5H2. The number of aromatic nitrogens is 2. The average molecular weight is 317 g/mol. The first-order valence-electron chi connectivity index (χ1n) is 6.18. The van der Waals surface area contributed by atoms with Gasteiger partial charge >= 0.3 is 6.18 Å². The summed E-state index contributed by atoms with van der Waals surface area (Å²) in [6.45, 7) is 0. The van der Waals surface area contributed by atoms with Crippen LogP contribution in [0.3, 0.4) is 0 Å². The van der Waals surface area contributed by atoms with Crippen LogP contribution in [0.2, 0.25) is 5.15 Å². The molecule has 0 saturated carbocycles. The Morgan fingerprint density at radius 1 is 1.24 bits per heavy atom. The molecule has 0 aliphatic heterocycles. The normalized spacial score (nSPS) is 13.2. The van der Waals surface area contributed by atoms with E-state index in [0.717, 1.165) is 17.7 Å². The van der Waals surface area contributed by atoms with E-state index in [4.69, 9.17) is 11.6 Å². The molecule has 0 aliphatic rings. The van der Waals surface area contributed by atoms with Crippen molar-refractivity contribution < 1.29 is 18.3 Å². The number of rotatable bonds is 4. The van der Waals surface area contributed by atoms with Crippen molar-refractivity contribution in [3.8, 4) is 0 Å². The number of aryl methyl sites for hydroxylation is 1. The molecule has 2 heterocycles. The maximum absolute atomic E-state index is 12.5. The molecule has 7 heteroatoms. The highest BCUT2D eigenvalue weighted by Crippen LogP contribution is 2.32. The molecule has 0 amide bonds. The summed E-state index contributed by atoms with van der Waals surface area (Å²) in [4.78, 5) is 7.24. The number of aliphatic hydroxyl groups is 1. The van der Waals surface area contributed by atoms with Crippen LogP contribution < -0.4 is 0 Å². The molecule has 0 radical (unpaired) electrons. The third kappa shape index (κ3) is 4.15. The molecule has 1 atom stereocenters. The Morgan fingerprint density at radius 3 is 2.57 bits per heavy atom. The fourth-order valence-electron chi connectivity index (χ4n) is 1.86. The molecule has 112 valence electrons. The van der Waals surface area contributed by atoms with E-state index < -0.39 is 18.0 Å². The van der Waals surface area contributed by atoms with Gasteiger partial charge < -0.3 is 5.11 Å². The predicted molar refractivity (Wildman–Crippen MR) is 71.8 cm³/mol. The summed E-state index contributed by atoms with van der Waals surface area (Å²) >= 11 is 5.73. The topological polar surface area (TPSA) is 46.0 Å². The zero-order valence-corrected chi connectivity index (χ0v) is 11.6. The van der Waals surface area contributed by atoms with Gasteiger partial charge in [-0.15, -0.1) is 0 Å². The Balaban J connectivity index is 2.07. The van der Waals surface area contributed by atoms with Crippen LogP contribution in [0.1, 0.15) is 29.3 Å². The largest absolute Gasteiger partial charge is 0.433 e. The van der Waals surface area contributed by atoms with E-state index in [1.807, 2.05) is 6.07 Å². The van der Waals surface area contributed by atoms with E-state index in [0.29, 0.717) is 12.8 Å². The number of alkyl halides is 3. The third-order valence-corrected chi connectivity index (χ3v) is 3.26. The van der Waals surface area contributed by atoms with Crippen molar-refractivity contribution in [3.05, 3.63) is 58.6 Å². The number of hydrogen-bond acceptors (Lipinski definition) is 3. The first-order valence-corrected chi connectivity index (χ1v) is 6.56. The van der Waals surface area contributed by atoms with E-state index in [9.17, 15) is 18.3 Å². The molecule has 0 fully saturated rings. The Kier molecular flexibility index (Phi) is 4.80. The van der Waals surface area contributed by atoms with Crippen LogP contribution in [0.4, 0.5) is 13.2 Å². The maximum atomic E-state index is 12.5. The molecule has 0 aromatic carbocycles. The van der Waals surface area contributed by atoms with E-state index in [2.05, 4.69) is 9.97 Å². The van der Waals surface area contributed by atoms with Crippen molar-refractivity contribution in [1.29, 1.82) is 0 Å². The molecular weight excluding hydrogens is 305 g/mol. The smallest absolute Gasteiger partial charge is 0.388 e. The molecule has 0 saturated heterocycles. The lowest BCUT2D eigenvalue weighted by Crippen LogP contribution is -2.10. The number of pyridine rings is 2. The SMILES string of the molecule is OC(CCc1cccnc1)c1ccc(C(F)(F)F)nc1Cl. The molecule has 1 N–H and O–H groups in total. The summed E-state index contributed by atoms with van der Waals surface area (Å²) in [6, 6.07) is 5.60. The van der Waals surface area contributed by atoms with E-state index in [1.165, 1.54) is 0 Å². The van der Waals surface area contributed by atoms with Crippen molar-refractivity contribution in [2.24, 2.45) is 0 Å². The zero-order chi connectivity index (χ0) is 15.5. The van der Waals surface area contributed by atoms with Crippen LogP contribution >= 0.6 is 11.6 Å². The van der Waals surface area contributed by atoms with E-state index in [-0.39, 0.29) is 10.7 Å². The summed E-state index contributed by atoms with van der Waals surface area (Å²) in [5.41, 5.74) is 0.0387. The van der Waals surface area contributed by atoms with Gasteiger partial charge in [0, 0.05) is 18.0 Å². The van der Waals surface area contributed by atoms with Crippen LogP contribution in [-0.2, 0) is 12.6 Å². The lowest BCUT2D eigenvalue weighted by molar-refractivity contribution is -0.141. The van der Waals surface area contributed by atoms with Gasteiger partial charge in [-0.25, -0.2) is 4.98 Å². The molecule has 2 aromatic heterocycles. The highest BCUT2D eigenvalue weighted by atomic mass is 35.5. The van der Waals surface area contributed by atoms with E-state index >= 15 is 0 Å². The second-order valence-corrected chi connectivity index (χ2v) is 4.85. The predicted octanol–water partition coefficient (Wildman–Crippen LogP) is 3.82. The molecular formula is C14H12ClF3N2O. The van der Waals surface area contributed by atoms with Crippen LogP contribution in [0.25, 0.3) is 0 Å². The van der Waals surface area contributed by atoms with Crippen molar-refractivity contribution in [1.82, 2.24) is 9.97 Å². The monoisotopic (exact) mass is 316 g/mol. The lowest BCUT2D eigenvalue weighted by atomic mass is 10.0. The van der Waals surface area contributed by atoms with Gasteiger partial charge in [-0.1, -0.05) is 23.7 Å². The minimum absolute atomic E-state index is 0.188. The molecule has 2 aromatic rings. The number of halogens is 4. The maximum Gasteiger partial charge on any atom is 0.433 e. The van der Waals surface area contributed by atoms with E-state index in [1.54, 1.807) is 18.5 Å². The summed E-state index contributed by atoms with van der Waals surface area (Å²) in [6.07, 6.45) is -1.38. The van der Waals surface area contributed by atoms with Crippen molar-refractivity contribution in [2.75, 3.05) is 0 Å². The zero-order valence-electron chi connectivity index (χ0n) is 10.8. The van der Waals surface area contributed by atoms with Crippen LogP contribution in [-0.4, -0.2) is 15.1 Å². The quantitative estimate of drug-likeness (QED) is 0.872. The Morgan fingerprint density at radius 2 is 2.00 bits per heavy atom. The number of aliphatic hydroxyl groups excluding tert-OH is 1. The highest BCUT2D eigenvalue weighted by Gasteiger charge is 2.33.